The van der Waals surface area contributed by atoms with Crippen LogP contribution in [-0.4, -0.2) is 0 Å². The van der Waals surface area contributed by atoms with E-state index in [4.69, 9.17) is 23.4 Å². The molecule has 0 fully saturated rings. The van der Waals surface area contributed by atoms with E-state index in [9.17, 15) is 0 Å². The molecular weight excluding hydrogens is 430 g/mol. The van der Waals surface area contributed by atoms with Gasteiger partial charge < -0.3 is 4.74 Å². The Kier molecular flexibility index (Phi) is 6.32. The summed E-state index contributed by atoms with van der Waals surface area (Å²) in [5.41, 5.74) is 4.34. The predicted octanol–water partition coefficient (Wildman–Crippen LogP) is -2.21. The minimum absolute atomic E-state index is 0.825. The number of rotatable bonds is 2. The van der Waals surface area contributed by atoms with Gasteiger partial charge in [-0.25, -0.2) is 23.6 Å². The standard InChI is InChI=1S/C25H17NO.ClHO4/c1-3-9-18(10-4-1)21-16-24(19-11-5-2-6-12-19)27-25(17-21)23-15-20-13-7-8-14-22(20)26-23;2-1(3,4)5/h1-17H;(H,2,3,4,5)/b25-23-;. The molecule has 2 aliphatic heterocycles. The van der Waals surface area contributed by atoms with E-state index in [2.05, 4.69) is 71.8 Å². The van der Waals surface area contributed by atoms with Crippen molar-refractivity contribution in [2.45, 2.75) is 0 Å². The third kappa shape index (κ3) is 5.59. The Bertz CT molecular complexity index is 1280. The number of hydrogen-bond donors (Lipinski definition) is 1. The molecule has 0 atom stereocenters. The Hall–Kier alpha value is -3.52. The molecule has 2 aliphatic rings. The Morgan fingerprint density at radius 1 is 0.625 bits per heavy atom. The van der Waals surface area contributed by atoms with Gasteiger partial charge in [-0.1, -0.05) is 72.8 Å². The second-order valence-corrected chi connectivity index (χ2v) is 7.71. The molecule has 0 saturated carbocycles. The Morgan fingerprint density at radius 2 is 1.19 bits per heavy atom. The van der Waals surface area contributed by atoms with E-state index >= 15 is 0 Å². The van der Waals surface area contributed by atoms with Crippen molar-refractivity contribution in [3.63, 3.8) is 0 Å². The fraction of sp³-hybridized carbons (Fsp3) is 0. The maximum atomic E-state index is 8.49. The summed E-state index contributed by atoms with van der Waals surface area (Å²) in [6.07, 6.45) is 6.35. The first-order valence-corrected chi connectivity index (χ1v) is 10.9. The van der Waals surface area contributed by atoms with Gasteiger partial charge in [-0.2, -0.15) is 0 Å². The van der Waals surface area contributed by atoms with E-state index in [1.54, 1.807) is 0 Å². The van der Waals surface area contributed by atoms with Crippen LogP contribution in [0.4, 0.5) is 0 Å². The molecule has 0 bridgehead atoms. The van der Waals surface area contributed by atoms with Crippen LogP contribution in [0.25, 0.3) is 17.4 Å². The third-order valence-electron chi connectivity index (χ3n) is 4.75. The quantitative estimate of drug-likeness (QED) is 0.478. The summed E-state index contributed by atoms with van der Waals surface area (Å²) in [5, 5.41) is 2.28. The molecule has 2 heterocycles. The first-order valence-electron chi connectivity index (χ1n) is 9.66. The summed E-state index contributed by atoms with van der Waals surface area (Å²) in [5.74, 6) is 1.68. The van der Waals surface area contributed by atoms with Crippen LogP contribution in [0, 0.1) is 10.2 Å². The SMILES string of the molecule is C1=C(c2ccccc2)C=C(c2ccccc2)O/C1=C1/C=c2ccccc2=[NH+]1.[O-][Cl+3]([O-])([O-])[O-]. The maximum Gasteiger partial charge on any atom is 0.247 e. The maximum absolute atomic E-state index is 8.49. The first kappa shape index (κ1) is 21.7. The number of fused-ring (bicyclic) bond motifs is 1. The molecule has 0 saturated heterocycles. The summed E-state index contributed by atoms with van der Waals surface area (Å²) < 4.78 is 40.3. The Balaban J connectivity index is 0.000000444. The fourth-order valence-corrected chi connectivity index (χ4v) is 3.38. The zero-order valence-electron chi connectivity index (χ0n) is 16.7. The highest BCUT2D eigenvalue weighted by molar-refractivity contribution is 5.85. The van der Waals surface area contributed by atoms with Gasteiger partial charge in [0.05, 0.1) is 5.22 Å². The van der Waals surface area contributed by atoms with Crippen LogP contribution in [0.3, 0.4) is 0 Å². The molecule has 0 unspecified atom stereocenters. The van der Waals surface area contributed by atoms with Gasteiger partial charge in [0.15, 0.2) is 5.76 Å². The zero-order chi connectivity index (χ0) is 22.6. The smallest absolute Gasteiger partial charge is 0.247 e. The van der Waals surface area contributed by atoms with E-state index in [0.717, 1.165) is 33.7 Å². The van der Waals surface area contributed by atoms with Crippen LogP contribution in [0.1, 0.15) is 11.1 Å². The first-order chi connectivity index (χ1) is 15.4. The summed E-state index contributed by atoms with van der Waals surface area (Å²) in [4.78, 5) is 3.48. The molecule has 0 aliphatic carbocycles. The second-order valence-electron chi connectivity index (χ2n) is 6.95. The molecular formula is C25H18ClNO5. The van der Waals surface area contributed by atoms with Crippen LogP contribution in [-0.2, 0) is 4.74 Å². The number of nitrogens with one attached hydrogen (secondary N) is 1. The monoisotopic (exact) mass is 447 g/mol. The number of ether oxygens (including phenoxy) is 1. The molecule has 3 aromatic carbocycles. The van der Waals surface area contributed by atoms with Crippen LogP contribution in [0.5, 0.6) is 0 Å². The van der Waals surface area contributed by atoms with Crippen molar-refractivity contribution in [1.29, 1.82) is 0 Å². The van der Waals surface area contributed by atoms with E-state index in [1.165, 1.54) is 10.8 Å². The third-order valence-corrected chi connectivity index (χ3v) is 4.75. The zero-order valence-corrected chi connectivity index (χ0v) is 17.5. The summed E-state index contributed by atoms with van der Waals surface area (Å²) in [6.45, 7) is 0. The van der Waals surface area contributed by atoms with Crippen LogP contribution in [0.15, 0.2) is 109 Å². The van der Waals surface area contributed by atoms with E-state index in [0.29, 0.717) is 0 Å². The Morgan fingerprint density at radius 3 is 1.81 bits per heavy atom. The molecule has 7 heteroatoms. The van der Waals surface area contributed by atoms with Crippen LogP contribution in [0.2, 0.25) is 0 Å². The fourth-order valence-electron chi connectivity index (χ4n) is 3.38. The highest BCUT2D eigenvalue weighted by atomic mass is 35.7. The van der Waals surface area contributed by atoms with Gasteiger partial charge in [-0.15, -0.1) is 10.2 Å². The molecule has 32 heavy (non-hydrogen) atoms. The average molecular weight is 448 g/mol. The molecule has 0 amide bonds. The Labute approximate surface area is 186 Å². The van der Waals surface area contributed by atoms with Crippen molar-refractivity contribution in [2.24, 2.45) is 0 Å². The largest absolute Gasteiger partial charge is 0.450 e. The van der Waals surface area contributed by atoms with Gasteiger partial charge in [0.2, 0.25) is 11.1 Å². The number of halogens is 1. The topological polar surface area (TPSA) is 115 Å². The van der Waals surface area contributed by atoms with Crippen molar-refractivity contribution in [3.8, 4) is 0 Å². The van der Waals surface area contributed by atoms with Crippen molar-refractivity contribution in [1.82, 2.24) is 0 Å². The lowest BCUT2D eigenvalue weighted by molar-refractivity contribution is -2.00. The highest BCUT2D eigenvalue weighted by Gasteiger charge is 2.21. The van der Waals surface area contributed by atoms with Crippen LogP contribution < -0.4 is 34.2 Å². The normalized spacial score (nSPS) is 16.9. The van der Waals surface area contributed by atoms with Gasteiger partial charge in [-0.05, 0) is 29.4 Å². The van der Waals surface area contributed by atoms with E-state index in [-0.39, 0.29) is 0 Å². The summed E-state index contributed by atoms with van der Waals surface area (Å²) >= 11 is 0. The number of para-hydroxylation sites is 1. The highest BCUT2D eigenvalue weighted by Crippen LogP contribution is 2.32. The van der Waals surface area contributed by atoms with Crippen molar-refractivity contribution >= 4 is 17.4 Å². The van der Waals surface area contributed by atoms with Gasteiger partial charge in [0, 0.05) is 17.7 Å². The summed E-state index contributed by atoms with van der Waals surface area (Å²) in [6, 6.07) is 28.9. The molecule has 6 nitrogen and oxygen atoms in total. The van der Waals surface area contributed by atoms with Gasteiger partial charge >= 0.3 is 0 Å². The number of benzene rings is 3. The molecule has 5 rings (SSSR count). The van der Waals surface area contributed by atoms with Crippen molar-refractivity contribution < 1.29 is 38.6 Å². The lowest BCUT2D eigenvalue weighted by Gasteiger charge is -2.17. The lowest BCUT2D eigenvalue weighted by atomic mass is 10.0. The van der Waals surface area contributed by atoms with E-state index < -0.39 is 10.2 Å². The number of allylic oxidation sites excluding steroid dienone is 4. The summed E-state index contributed by atoms with van der Waals surface area (Å²) in [7, 11) is -4.94. The van der Waals surface area contributed by atoms with Crippen molar-refractivity contribution in [2.75, 3.05) is 0 Å². The molecule has 3 aromatic rings. The average Bonchev–Trinajstić information content (AvgIpc) is 3.23. The molecule has 1 N–H and O–H groups in total. The van der Waals surface area contributed by atoms with Gasteiger partial charge in [0.25, 0.3) is 0 Å². The van der Waals surface area contributed by atoms with Gasteiger partial charge in [-0.3, -0.25) is 0 Å². The minimum atomic E-state index is -4.94. The predicted molar refractivity (Wildman–Crippen MR) is 107 cm³/mol. The number of hydrogen-bond acceptors (Lipinski definition) is 5. The molecule has 0 aromatic heterocycles. The van der Waals surface area contributed by atoms with Crippen molar-refractivity contribution in [3.05, 3.63) is 130 Å². The molecule has 0 spiro atoms. The molecule has 0 radical (unpaired) electrons. The second kappa shape index (κ2) is 9.32. The minimum Gasteiger partial charge on any atom is -0.450 e. The van der Waals surface area contributed by atoms with Crippen LogP contribution >= 0.6 is 0 Å². The lowest BCUT2D eigenvalue weighted by Crippen LogP contribution is -2.74. The molecule has 160 valence electrons. The van der Waals surface area contributed by atoms with Gasteiger partial charge in [0.1, 0.15) is 5.76 Å². The van der Waals surface area contributed by atoms with E-state index in [1.807, 2.05) is 36.4 Å².